The normalized spacial score (nSPS) is 14.5. The maximum Gasteiger partial charge on any atom is 0.267 e. The highest BCUT2D eigenvalue weighted by Crippen LogP contribution is 2.14. The zero-order chi connectivity index (χ0) is 9.19. The molecular formula is C6H8O5S. The van der Waals surface area contributed by atoms with Crippen molar-refractivity contribution in [3.63, 3.8) is 0 Å². The number of aliphatic hydroxyl groups excluding tert-OH is 1. The molecule has 1 aromatic heterocycles. The molecule has 0 spiro atoms. The molecule has 6 heteroatoms. The Bertz CT molecular complexity index is 325. The third kappa shape index (κ3) is 2.65. The molecule has 12 heavy (non-hydrogen) atoms. The van der Waals surface area contributed by atoms with Crippen LogP contribution in [0, 0.1) is 0 Å². The fourth-order valence-corrected chi connectivity index (χ4v) is 1.33. The second-order valence-corrected chi connectivity index (χ2v) is 3.78. The summed E-state index contributed by atoms with van der Waals surface area (Å²) in [7, 11) is -4.16. The van der Waals surface area contributed by atoms with E-state index in [2.05, 4.69) is 0 Å². The fraction of sp³-hybridized carbons (Fsp3) is 0.333. The lowest BCUT2D eigenvalue weighted by Crippen LogP contribution is -2.12. The van der Waals surface area contributed by atoms with Gasteiger partial charge in [-0.15, -0.1) is 0 Å². The van der Waals surface area contributed by atoms with E-state index in [4.69, 9.17) is 14.1 Å². The van der Waals surface area contributed by atoms with Crippen LogP contribution in [-0.4, -0.2) is 23.8 Å². The predicted octanol–water partition coefficient (Wildman–Crippen LogP) is 0.201. The van der Waals surface area contributed by atoms with Gasteiger partial charge in [0.25, 0.3) is 10.1 Å². The quantitative estimate of drug-likeness (QED) is 0.668. The van der Waals surface area contributed by atoms with Gasteiger partial charge in [0.15, 0.2) is 0 Å². The van der Waals surface area contributed by atoms with Crippen molar-refractivity contribution < 1.29 is 22.5 Å². The highest BCUT2D eigenvalue weighted by Gasteiger charge is 2.17. The van der Waals surface area contributed by atoms with Crippen LogP contribution < -0.4 is 0 Å². The van der Waals surface area contributed by atoms with E-state index in [-0.39, 0.29) is 5.76 Å². The molecule has 1 aromatic rings. The van der Waals surface area contributed by atoms with Crippen molar-refractivity contribution in [2.45, 2.75) is 6.10 Å². The van der Waals surface area contributed by atoms with Gasteiger partial charge in [0, 0.05) is 0 Å². The Kier molecular flexibility index (Phi) is 2.51. The molecular weight excluding hydrogens is 184 g/mol. The van der Waals surface area contributed by atoms with Crippen LogP contribution in [0.5, 0.6) is 0 Å². The molecule has 0 aliphatic rings. The molecule has 0 bridgehead atoms. The second-order valence-electron chi connectivity index (χ2n) is 2.28. The summed E-state index contributed by atoms with van der Waals surface area (Å²) in [5, 5.41) is 9.11. The third-order valence-electron chi connectivity index (χ3n) is 1.24. The monoisotopic (exact) mass is 192 g/mol. The molecule has 0 saturated heterocycles. The van der Waals surface area contributed by atoms with Crippen LogP contribution in [0.3, 0.4) is 0 Å². The molecule has 2 N–H and O–H groups in total. The van der Waals surface area contributed by atoms with Gasteiger partial charge in [0.1, 0.15) is 17.6 Å². The first-order valence-corrected chi connectivity index (χ1v) is 4.76. The van der Waals surface area contributed by atoms with Crippen LogP contribution in [-0.2, 0) is 10.1 Å². The summed E-state index contributed by atoms with van der Waals surface area (Å²) in [6, 6.07) is 2.94. The van der Waals surface area contributed by atoms with Gasteiger partial charge in [-0.3, -0.25) is 4.55 Å². The van der Waals surface area contributed by atoms with E-state index in [0.29, 0.717) is 0 Å². The number of rotatable bonds is 3. The zero-order valence-corrected chi connectivity index (χ0v) is 6.86. The molecule has 0 aliphatic carbocycles. The van der Waals surface area contributed by atoms with Crippen molar-refractivity contribution in [2.24, 2.45) is 0 Å². The van der Waals surface area contributed by atoms with Gasteiger partial charge in [0.2, 0.25) is 0 Å². The van der Waals surface area contributed by atoms with Crippen LogP contribution in [0.2, 0.25) is 0 Å². The summed E-state index contributed by atoms with van der Waals surface area (Å²) in [4.78, 5) is 0. The smallest absolute Gasteiger partial charge is 0.267 e. The van der Waals surface area contributed by atoms with Crippen molar-refractivity contribution in [1.82, 2.24) is 0 Å². The Morgan fingerprint density at radius 3 is 2.67 bits per heavy atom. The molecule has 0 amide bonds. The third-order valence-corrected chi connectivity index (χ3v) is 1.98. The average molecular weight is 192 g/mol. The van der Waals surface area contributed by atoms with Gasteiger partial charge in [-0.1, -0.05) is 0 Å². The molecule has 68 valence electrons. The molecule has 1 heterocycles. The van der Waals surface area contributed by atoms with Crippen molar-refractivity contribution in [3.8, 4) is 0 Å². The standard InChI is InChI=1S/C6H8O5S/c7-5(4-12(8,9)10)6-2-1-3-11-6/h1-3,5,7H,4H2,(H,8,9,10). The van der Waals surface area contributed by atoms with Crippen LogP contribution in [0.4, 0.5) is 0 Å². The SMILES string of the molecule is O=S(=O)(O)CC(O)c1ccco1. The van der Waals surface area contributed by atoms with E-state index in [1.54, 1.807) is 0 Å². The van der Waals surface area contributed by atoms with Gasteiger partial charge >= 0.3 is 0 Å². The first-order chi connectivity index (χ1) is 5.49. The minimum Gasteiger partial charge on any atom is -0.467 e. The zero-order valence-electron chi connectivity index (χ0n) is 6.04. The van der Waals surface area contributed by atoms with Crippen LogP contribution in [0.1, 0.15) is 11.9 Å². The van der Waals surface area contributed by atoms with E-state index < -0.39 is 22.0 Å². The van der Waals surface area contributed by atoms with Crippen molar-refractivity contribution in [1.29, 1.82) is 0 Å². The van der Waals surface area contributed by atoms with Gasteiger partial charge in [-0.05, 0) is 12.1 Å². The molecule has 0 fully saturated rings. The molecule has 0 aliphatic heterocycles. The Morgan fingerprint density at radius 2 is 2.25 bits per heavy atom. The summed E-state index contributed by atoms with van der Waals surface area (Å²) >= 11 is 0. The summed E-state index contributed by atoms with van der Waals surface area (Å²) in [6.45, 7) is 0. The van der Waals surface area contributed by atoms with Crippen LogP contribution in [0.15, 0.2) is 22.8 Å². The lowest BCUT2D eigenvalue weighted by Gasteiger charge is -2.03. The second kappa shape index (κ2) is 3.26. The van der Waals surface area contributed by atoms with Crippen molar-refractivity contribution >= 4 is 10.1 Å². The summed E-state index contributed by atoms with van der Waals surface area (Å²) in [5.41, 5.74) is 0. The highest BCUT2D eigenvalue weighted by molar-refractivity contribution is 7.85. The van der Waals surface area contributed by atoms with Crippen molar-refractivity contribution in [2.75, 3.05) is 5.75 Å². The van der Waals surface area contributed by atoms with E-state index in [9.17, 15) is 8.42 Å². The molecule has 1 rings (SSSR count). The number of aliphatic hydroxyl groups is 1. The first kappa shape index (κ1) is 9.24. The Balaban J connectivity index is 2.68. The molecule has 5 nitrogen and oxygen atoms in total. The number of furan rings is 1. The maximum atomic E-state index is 10.3. The molecule has 0 saturated carbocycles. The van der Waals surface area contributed by atoms with Gasteiger partial charge in [-0.25, -0.2) is 0 Å². The van der Waals surface area contributed by atoms with Crippen LogP contribution in [0.25, 0.3) is 0 Å². The lowest BCUT2D eigenvalue weighted by atomic mass is 10.3. The minimum absolute atomic E-state index is 0.118. The summed E-state index contributed by atoms with van der Waals surface area (Å²) in [6.07, 6.45) is -0.00210. The molecule has 0 radical (unpaired) electrons. The first-order valence-electron chi connectivity index (χ1n) is 3.15. The largest absolute Gasteiger partial charge is 0.467 e. The predicted molar refractivity (Wildman–Crippen MR) is 40.1 cm³/mol. The van der Waals surface area contributed by atoms with Gasteiger partial charge in [-0.2, -0.15) is 8.42 Å². The molecule has 0 aromatic carbocycles. The Hall–Kier alpha value is -0.850. The van der Waals surface area contributed by atoms with Gasteiger partial charge < -0.3 is 9.52 Å². The Morgan fingerprint density at radius 1 is 1.58 bits per heavy atom. The summed E-state index contributed by atoms with van der Waals surface area (Å²) < 4.78 is 33.7. The van der Waals surface area contributed by atoms with E-state index in [0.717, 1.165) is 0 Å². The van der Waals surface area contributed by atoms with Crippen molar-refractivity contribution in [3.05, 3.63) is 24.2 Å². The minimum atomic E-state index is -4.16. The highest BCUT2D eigenvalue weighted by atomic mass is 32.2. The summed E-state index contributed by atoms with van der Waals surface area (Å²) in [5.74, 6) is -0.631. The number of hydrogen-bond donors (Lipinski definition) is 2. The topological polar surface area (TPSA) is 87.7 Å². The van der Waals surface area contributed by atoms with E-state index in [1.807, 2.05) is 0 Å². The van der Waals surface area contributed by atoms with Crippen LogP contribution >= 0.6 is 0 Å². The number of hydrogen-bond acceptors (Lipinski definition) is 4. The van der Waals surface area contributed by atoms with E-state index in [1.165, 1.54) is 18.4 Å². The molecule has 1 unspecified atom stereocenters. The van der Waals surface area contributed by atoms with E-state index >= 15 is 0 Å². The Labute approximate surface area is 69.4 Å². The maximum absolute atomic E-state index is 10.3. The van der Waals surface area contributed by atoms with Gasteiger partial charge in [0.05, 0.1) is 6.26 Å². The average Bonchev–Trinajstić information content (AvgIpc) is 2.32. The molecule has 1 atom stereocenters. The lowest BCUT2D eigenvalue weighted by molar-refractivity contribution is 0.169. The fourth-order valence-electron chi connectivity index (χ4n) is 0.763.